The minimum atomic E-state index is -0.403. The van der Waals surface area contributed by atoms with Gasteiger partial charge in [0.1, 0.15) is 10.5 Å². The predicted molar refractivity (Wildman–Crippen MR) is 138 cm³/mol. The van der Waals surface area contributed by atoms with E-state index in [0.717, 1.165) is 11.1 Å². The van der Waals surface area contributed by atoms with Crippen LogP contribution in [0.5, 0.6) is 11.5 Å². The largest absolute Gasteiger partial charge is 0.454 e. The standard InChI is InChI=1S/C25H21ClFN3O4S2/c26-18-11-17(27)5-4-16(18)13-36-25-29-19-7-9-35-23(19)24(32)30(25)8-1-2-22(31)28-12-15-3-6-20-21(10-15)34-14-33-20/h3-7,9-11H,1-2,8,12-14H2,(H,28,31). The normalized spacial score (nSPS) is 12.3. The Balaban J connectivity index is 1.22. The molecule has 2 aromatic heterocycles. The average molecular weight is 546 g/mol. The first kappa shape index (κ1) is 24.6. The number of carbonyl (C=O) groups excluding carboxylic acids is 1. The first-order chi connectivity index (χ1) is 17.5. The molecule has 0 unspecified atom stereocenters. The first-order valence-corrected chi connectivity index (χ1v) is 13.4. The third-order valence-electron chi connectivity index (χ3n) is 5.61. The Hall–Kier alpha value is -3.08. The Kier molecular flexibility index (Phi) is 7.45. The van der Waals surface area contributed by atoms with E-state index in [4.69, 9.17) is 21.1 Å². The topological polar surface area (TPSA) is 82.5 Å². The molecule has 5 rings (SSSR count). The molecule has 1 N–H and O–H groups in total. The third-order valence-corrected chi connectivity index (χ3v) is 7.88. The summed E-state index contributed by atoms with van der Waals surface area (Å²) in [6.45, 7) is 0.919. The smallest absolute Gasteiger partial charge is 0.272 e. The van der Waals surface area contributed by atoms with Gasteiger partial charge in [0.05, 0.1) is 5.52 Å². The number of ether oxygens (including phenoxy) is 2. The number of carbonyl (C=O) groups is 1. The number of aromatic nitrogens is 2. The molecule has 186 valence electrons. The van der Waals surface area contributed by atoms with E-state index in [1.165, 1.54) is 35.2 Å². The molecule has 4 aromatic rings. The van der Waals surface area contributed by atoms with Gasteiger partial charge in [0.15, 0.2) is 16.7 Å². The van der Waals surface area contributed by atoms with Crippen LogP contribution in [-0.4, -0.2) is 22.3 Å². The molecule has 0 bridgehead atoms. The van der Waals surface area contributed by atoms with Crippen molar-refractivity contribution in [1.82, 2.24) is 14.9 Å². The summed E-state index contributed by atoms with van der Waals surface area (Å²) in [7, 11) is 0. The molecular weight excluding hydrogens is 525 g/mol. The number of thioether (sulfide) groups is 1. The van der Waals surface area contributed by atoms with E-state index < -0.39 is 5.82 Å². The monoisotopic (exact) mass is 545 g/mol. The van der Waals surface area contributed by atoms with E-state index in [-0.39, 0.29) is 24.7 Å². The second-order valence-corrected chi connectivity index (χ2v) is 10.3. The van der Waals surface area contributed by atoms with Gasteiger partial charge in [0.25, 0.3) is 5.56 Å². The maximum Gasteiger partial charge on any atom is 0.272 e. The number of thiophene rings is 1. The van der Waals surface area contributed by atoms with Crippen LogP contribution in [0.1, 0.15) is 24.0 Å². The lowest BCUT2D eigenvalue weighted by Gasteiger charge is -2.13. The van der Waals surface area contributed by atoms with Gasteiger partial charge in [-0.15, -0.1) is 11.3 Å². The second-order valence-electron chi connectivity index (χ2n) is 8.08. The first-order valence-electron chi connectivity index (χ1n) is 11.2. The molecule has 1 aliphatic heterocycles. The number of benzene rings is 2. The highest BCUT2D eigenvalue weighted by molar-refractivity contribution is 7.98. The molecular formula is C25H21ClFN3O4S2. The van der Waals surface area contributed by atoms with Gasteiger partial charge in [-0.25, -0.2) is 9.37 Å². The van der Waals surface area contributed by atoms with Gasteiger partial charge in [-0.05, 0) is 53.3 Å². The Morgan fingerprint density at radius 1 is 1.19 bits per heavy atom. The number of nitrogens with zero attached hydrogens (tertiary/aromatic N) is 2. The molecule has 36 heavy (non-hydrogen) atoms. The molecule has 0 atom stereocenters. The minimum Gasteiger partial charge on any atom is -0.454 e. The van der Waals surface area contributed by atoms with Crippen molar-refractivity contribution in [2.75, 3.05) is 6.79 Å². The Morgan fingerprint density at radius 2 is 2.06 bits per heavy atom. The molecule has 0 saturated heterocycles. The van der Waals surface area contributed by atoms with Crippen molar-refractivity contribution in [1.29, 1.82) is 0 Å². The highest BCUT2D eigenvalue weighted by Crippen LogP contribution is 2.32. The lowest BCUT2D eigenvalue weighted by Crippen LogP contribution is -2.25. The van der Waals surface area contributed by atoms with Crippen molar-refractivity contribution in [3.63, 3.8) is 0 Å². The fourth-order valence-electron chi connectivity index (χ4n) is 3.75. The lowest BCUT2D eigenvalue weighted by molar-refractivity contribution is -0.121. The van der Waals surface area contributed by atoms with E-state index in [0.29, 0.717) is 57.2 Å². The van der Waals surface area contributed by atoms with Crippen molar-refractivity contribution >= 4 is 50.8 Å². The highest BCUT2D eigenvalue weighted by atomic mass is 35.5. The number of halogens is 2. The predicted octanol–water partition coefficient (Wildman–Crippen LogP) is 5.37. The molecule has 0 fully saturated rings. The van der Waals surface area contributed by atoms with Crippen LogP contribution < -0.4 is 20.3 Å². The number of hydrogen-bond acceptors (Lipinski definition) is 7. The fraction of sp³-hybridized carbons (Fsp3) is 0.240. The molecule has 3 heterocycles. The van der Waals surface area contributed by atoms with Crippen LogP contribution in [0.25, 0.3) is 10.2 Å². The third kappa shape index (κ3) is 5.50. The number of amides is 1. The van der Waals surface area contributed by atoms with Crippen molar-refractivity contribution < 1.29 is 18.7 Å². The van der Waals surface area contributed by atoms with Gasteiger partial charge < -0.3 is 14.8 Å². The second kappa shape index (κ2) is 10.9. The number of hydrogen-bond donors (Lipinski definition) is 1. The van der Waals surface area contributed by atoms with Crippen LogP contribution in [0, 0.1) is 5.82 Å². The van der Waals surface area contributed by atoms with Gasteiger partial charge in [-0.2, -0.15) is 0 Å². The summed E-state index contributed by atoms with van der Waals surface area (Å²) in [6.07, 6.45) is 0.726. The Bertz CT molecular complexity index is 1490. The lowest BCUT2D eigenvalue weighted by atomic mass is 10.2. The number of rotatable bonds is 9. The summed E-state index contributed by atoms with van der Waals surface area (Å²) in [5.41, 5.74) is 2.16. The van der Waals surface area contributed by atoms with Gasteiger partial charge in [0.2, 0.25) is 12.7 Å². The number of fused-ring (bicyclic) bond motifs is 2. The van der Waals surface area contributed by atoms with E-state index in [1.54, 1.807) is 10.6 Å². The summed E-state index contributed by atoms with van der Waals surface area (Å²) < 4.78 is 26.2. The molecule has 2 aromatic carbocycles. The van der Waals surface area contributed by atoms with E-state index >= 15 is 0 Å². The summed E-state index contributed by atoms with van der Waals surface area (Å²) in [4.78, 5) is 30.2. The van der Waals surface area contributed by atoms with Crippen LogP contribution >= 0.6 is 34.7 Å². The van der Waals surface area contributed by atoms with Gasteiger partial charge in [0, 0.05) is 30.3 Å². The maximum absolute atomic E-state index is 13.4. The summed E-state index contributed by atoms with van der Waals surface area (Å²) in [5, 5.41) is 5.59. The molecule has 11 heteroatoms. The van der Waals surface area contributed by atoms with Crippen LogP contribution in [0.3, 0.4) is 0 Å². The zero-order valence-electron chi connectivity index (χ0n) is 19.0. The van der Waals surface area contributed by atoms with Crippen molar-refractivity contribution in [2.24, 2.45) is 0 Å². The van der Waals surface area contributed by atoms with Gasteiger partial charge >= 0.3 is 0 Å². The van der Waals surface area contributed by atoms with Crippen LogP contribution in [0.2, 0.25) is 5.02 Å². The van der Waals surface area contributed by atoms with E-state index in [2.05, 4.69) is 10.3 Å². The Morgan fingerprint density at radius 3 is 2.92 bits per heavy atom. The molecule has 0 radical (unpaired) electrons. The summed E-state index contributed by atoms with van der Waals surface area (Å²) in [6, 6.07) is 11.6. The van der Waals surface area contributed by atoms with Crippen molar-refractivity contribution in [3.8, 4) is 11.5 Å². The average Bonchev–Trinajstić information content (AvgIpc) is 3.53. The Labute approximate surface area is 219 Å². The van der Waals surface area contributed by atoms with Crippen molar-refractivity contribution in [3.05, 3.63) is 80.2 Å². The van der Waals surface area contributed by atoms with Crippen LogP contribution in [0.15, 0.2) is 57.8 Å². The zero-order valence-corrected chi connectivity index (χ0v) is 21.4. The van der Waals surface area contributed by atoms with Crippen molar-refractivity contribution in [2.45, 2.75) is 36.8 Å². The van der Waals surface area contributed by atoms with E-state index in [9.17, 15) is 14.0 Å². The number of nitrogens with one attached hydrogen (secondary N) is 1. The van der Waals surface area contributed by atoms with Crippen LogP contribution in [0.4, 0.5) is 4.39 Å². The highest BCUT2D eigenvalue weighted by Gasteiger charge is 2.15. The minimum absolute atomic E-state index is 0.113. The summed E-state index contributed by atoms with van der Waals surface area (Å²) >= 11 is 8.86. The quantitative estimate of drug-likeness (QED) is 0.225. The van der Waals surface area contributed by atoms with Gasteiger partial charge in [-0.1, -0.05) is 35.5 Å². The van der Waals surface area contributed by atoms with E-state index in [1.807, 2.05) is 29.6 Å². The molecule has 0 saturated carbocycles. The fourth-order valence-corrected chi connectivity index (χ4v) is 5.87. The molecule has 0 spiro atoms. The van der Waals surface area contributed by atoms with Gasteiger partial charge in [-0.3, -0.25) is 14.2 Å². The summed E-state index contributed by atoms with van der Waals surface area (Å²) in [5.74, 6) is 1.28. The molecule has 1 aliphatic rings. The molecule has 1 amide bonds. The SMILES string of the molecule is O=C(CCCn1c(SCc2ccc(F)cc2Cl)nc2ccsc2c1=O)NCc1ccc2c(c1)OCO2. The maximum atomic E-state index is 13.4. The zero-order chi connectivity index (χ0) is 25.1. The molecule has 7 nitrogen and oxygen atoms in total. The molecule has 0 aliphatic carbocycles. The van der Waals surface area contributed by atoms with Crippen LogP contribution in [-0.2, 0) is 23.6 Å².